The average Bonchev–Trinajstić information content (AvgIpc) is 2.29. The van der Waals surface area contributed by atoms with Crippen LogP contribution in [0.5, 0.6) is 0 Å². The lowest BCUT2D eigenvalue weighted by molar-refractivity contribution is 0.182. The van der Waals surface area contributed by atoms with Crippen LogP contribution in [0.25, 0.3) is 0 Å². The molecule has 1 heterocycles. The van der Waals surface area contributed by atoms with Crippen LogP contribution in [-0.4, -0.2) is 54.4 Å². The Morgan fingerprint density at radius 2 is 1.94 bits per heavy atom. The normalized spacial score (nSPS) is 20.2. The van der Waals surface area contributed by atoms with Crippen molar-refractivity contribution in [3.05, 3.63) is 0 Å². The topological polar surface area (TPSA) is 64.6 Å². The Hall–Kier alpha value is -0.810. The summed E-state index contributed by atoms with van der Waals surface area (Å²) in [5.41, 5.74) is 0. The SMILES string of the molecule is CC(O)CCNC(=O)NC(C)CN1CCCCC1. The number of rotatable bonds is 6. The van der Waals surface area contributed by atoms with E-state index >= 15 is 0 Å². The summed E-state index contributed by atoms with van der Waals surface area (Å²) in [7, 11) is 0. The molecule has 0 saturated carbocycles. The van der Waals surface area contributed by atoms with E-state index in [-0.39, 0.29) is 18.2 Å². The second kappa shape index (κ2) is 8.32. The molecule has 0 aromatic carbocycles. The molecule has 3 N–H and O–H groups in total. The third-order valence-corrected chi connectivity index (χ3v) is 3.21. The molecule has 0 radical (unpaired) electrons. The first-order valence-electron chi connectivity index (χ1n) is 7.02. The zero-order chi connectivity index (χ0) is 13.4. The molecule has 18 heavy (non-hydrogen) atoms. The summed E-state index contributed by atoms with van der Waals surface area (Å²) in [4.78, 5) is 14.0. The van der Waals surface area contributed by atoms with E-state index < -0.39 is 0 Å². The van der Waals surface area contributed by atoms with Gasteiger partial charge >= 0.3 is 6.03 Å². The molecule has 0 aromatic heterocycles. The van der Waals surface area contributed by atoms with Gasteiger partial charge in [-0.1, -0.05) is 6.42 Å². The molecule has 1 aliphatic heterocycles. The summed E-state index contributed by atoms with van der Waals surface area (Å²) in [5, 5.41) is 14.8. The zero-order valence-corrected chi connectivity index (χ0v) is 11.6. The largest absolute Gasteiger partial charge is 0.393 e. The van der Waals surface area contributed by atoms with Crippen LogP contribution in [0.1, 0.15) is 39.5 Å². The van der Waals surface area contributed by atoms with Gasteiger partial charge in [0, 0.05) is 19.1 Å². The van der Waals surface area contributed by atoms with Gasteiger partial charge in [0.25, 0.3) is 0 Å². The number of aliphatic hydroxyl groups is 1. The maximum absolute atomic E-state index is 11.6. The number of piperidine rings is 1. The van der Waals surface area contributed by atoms with Crippen molar-refractivity contribution in [1.82, 2.24) is 15.5 Å². The van der Waals surface area contributed by atoms with Crippen LogP contribution < -0.4 is 10.6 Å². The van der Waals surface area contributed by atoms with Gasteiger partial charge in [0.15, 0.2) is 0 Å². The van der Waals surface area contributed by atoms with Crippen LogP contribution in [0.4, 0.5) is 4.79 Å². The standard InChI is InChI=1S/C13H27N3O2/c1-11(10-16-8-4-3-5-9-16)15-13(18)14-7-6-12(2)17/h11-12,17H,3-10H2,1-2H3,(H2,14,15,18). The van der Waals surface area contributed by atoms with Crippen molar-refractivity contribution in [2.75, 3.05) is 26.2 Å². The molecule has 0 spiro atoms. The van der Waals surface area contributed by atoms with Crippen molar-refractivity contribution < 1.29 is 9.90 Å². The van der Waals surface area contributed by atoms with Crippen molar-refractivity contribution in [2.24, 2.45) is 0 Å². The first-order valence-corrected chi connectivity index (χ1v) is 7.02. The first-order chi connectivity index (χ1) is 8.58. The molecular formula is C13H27N3O2. The minimum Gasteiger partial charge on any atom is -0.393 e. The van der Waals surface area contributed by atoms with E-state index in [0.717, 1.165) is 19.6 Å². The number of hydrogen-bond donors (Lipinski definition) is 3. The number of carbonyl (C=O) groups is 1. The molecule has 1 fully saturated rings. The molecule has 0 aliphatic carbocycles. The van der Waals surface area contributed by atoms with Crippen molar-refractivity contribution in [1.29, 1.82) is 0 Å². The maximum atomic E-state index is 11.6. The summed E-state index contributed by atoms with van der Waals surface area (Å²) in [6.45, 7) is 7.48. The lowest BCUT2D eigenvalue weighted by Gasteiger charge is -2.29. The summed E-state index contributed by atoms with van der Waals surface area (Å²) in [6.07, 6.45) is 4.10. The Labute approximate surface area is 110 Å². The Bertz CT molecular complexity index is 240. The summed E-state index contributed by atoms with van der Waals surface area (Å²) < 4.78 is 0. The lowest BCUT2D eigenvalue weighted by Crippen LogP contribution is -2.47. The van der Waals surface area contributed by atoms with Crippen LogP contribution in [0, 0.1) is 0 Å². The van der Waals surface area contributed by atoms with Gasteiger partial charge < -0.3 is 20.6 Å². The molecule has 0 bridgehead atoms. The molecule has 0 aromatic rings. The van der Waals surface area contributed by atoms with Crippen molar-refractivity contribution in [3.63, 3.8) is 0 Å². The number of amides is 2. The number of hydrogen-bond acceptors (Lipinski definition) is 3. The van der Waals surface area contributed by atoms with E-state index in [2.05, 4.69) is 15.5 Å². The summed E-state index contributed by atoms with van der Waals surface area (Å²) in [6, 6.07) is 0.0230. The minimum absolute atomic E-state index is 0.139. The summed E-state index contributed by atoms with van der Waals surface area (Å²) in [5.74, 6) is 0. The fourth-order valence-corrected chi connectivity index (χ4v) is 2.24. The molecule has 2 unspecified atom stereocenters. The van der Waals surface area contributed by atoms with Crippen LogP contribution >= 0.6 is 0 Å². The maximum Gasteiger partial charge on any atom is 0.315 e. The second-order valence-electron chi connectivity index (χ2n) is 5.30. The highest BCUT2D eigenvalue weighted by Crippen LogP contribution is 2.08. The monoisotopic (exact) mass is 257 g/mol. The number of nitrogens with zero attached hydrogens (tertiary/aromatic N) is 1. The molecule has 1 aliphatic rings. The Kier molecular flexibility index (Phi) is 7.05. The average molecular weight is 257 g/mol. The molecule has 5 nitrogen and oxygen atoms in total. The van der Waals surface area contributed by atoms with E-state index in [1.54, 1.807) is 6.92 Å². The quantitative estimate of drug-likeness (QED) is 0.663. The smallest absolute Gasteiger partial charge is 0.315 e. The number of aliphatic hydroxyl groups excluding tert-OH is 1. The molecule has 2 atom stereocenters. The van der Waals surface area contributed by atoms with Gasteiger partial charge in [-0.25, -0.2) is 4.79 Å². The lowest BCUT2D eigenvalue weighted by atomic mass is 10.1. The first kappa shape index (κ1) is 15.2. The highest BCUT2D eigenvalue weighted by molar-refractivity contribution is 5.74. The number of carbonyl (C=O) groups excluding carboxylic acids is 1. The fraction of sp³-hybridized carbons (Fsp3) is 0.923. The van der Waals surface area contributed by atoms with Gasteiger partial charge in [-0.3, -0.25) is 0 Å². The molecule has 5 heteroatoms. The van der Waals surface area contributed by atoms with Crippen molar-refractivity contribution in [2.45, 2.75) is 51.7 Å². The Morgan fingerprint density at radius 3 is 2.56 bits per heavy atom. The van der Waals surface area contributed by atoms with Gasteiger partial charge in [-0.15, -0.1) is 0 Å². The van der Waals surface area contributed by atoms with E-state index in [0.29, 0.717) is 13.0 Å². The molecular weight excluding hydrogens is 230 g/mol. The van der Waals surface area contributed by atoms with Gasteiger partial charge in [0.05, 0.1) is 6.10 Å². The second-order valence-corrected chi connectivity index (χ2v) is 5.30. The highest BCUT2D eigenvalue weighted by Gasteiger charge is 2.14. The van der Waals surface area contributed by atoms with Crippen LogP contribution in [0.2, 0.25) is 0 Å². The van der Waals surface area contributed by atoms with Crippen LogP contribution in [0.3, 0.4) is 0 Å². The van der Waals surface area contributed by atoms with Crippen molar-refractivity contribution >= 4 is 6.03 Å². The predicted molar refractivity (Wildman–Crippen MR) is 72.6 cm³/mol. The summed E-state index contributed by atoms with van der Waals surface area (Å²) >= 11 is 0. The fourth-order valence-electron chi connectivity index (χ4n) is 2.24. The van der Waals surface area contributed by atoms with Crippen LogP contribution in [0.15, 0.2) is 0 Å². The van der Waals surface area contributed by atoms with Gasteiger partial charge in [-0.2, -0.15) is 0 Å². The number of nitrogens with one attached hydrogen (secondary N) is 2. The van der Waals surface area contributed by atoms with E-state index in [1.165, 1.54) is 19.3 Å². The van der Waals surface area contributed by atoms with Crippen LogP contribution in [-0.2, 0) is 0 Å². The highest BCUT2D eigenvalue weighted by atomic mass is 16.3. The van der Waals surface area contributed by atoms with Gasteiger partial charge in [-0.05, 0) is 46.2 Å². The Morgan fingerprint density at radius 1 is 1.28 bits per heavy atom. The third-order valence-electron chi connectivity index (χ3n) is 3.21. The van der Waals surface area contributed by atoms with Gasteiger partial charge in [0.1, 0.15) is 0 Å². The minimum atomic E-state index is -0.365. The van der Waals surface area contributed by atoms with E-state index in [1.807, 2.05) is 6.92 Å². The van der Waals surface area contributed by atoms with Crippen molar-refractivity contribution in [3.8, 4) is 0 Å². The van der Waals surface area contributed by atoms with E-state index in [9.17, 15) is 4.79 Å². The molecule has 106 valence electrons. The number of urea groups is 1. The van der Waals surface area contributed by atoms with Gasteiger partial charge in [0.2, 0.25) is 0 Å². The molecule has 2 amide bonds. The predicted octanol–water partition coefficient (Wildman–Crippen LogP) is 0.931. The zero-order valence-electron chi connectivity index (χ0n) is 11.6. The molecule has 1 saturated heterocycles. The molecule has 1 rings (SSSR count). The van der Waals surface area contributed by atoms with E-state index in [4.69, 9.17) is 5.11 Å². The Balaban J connectivity index is 2.10. The number of likely N-dealkylation sites (tertiary alicyclic amines) is 1. The third kappa shape index (κ3) is 6.81.